The molecule has 1 aromatic carbocycles. The minimum Gasteiger partial charge on any atom is -0.468 e. The van der Waals surface area contributed by atoms with Gasteiger partial charge in [-0.2, -0.15) is 0 Å². The van der Waals surface area contributed by atoms with E-state index in [4.69, 9.17) is 4.74 Å². The van der Waals surface area contributed by atoms with Gasteiger partial charge >= 0.3 is 11.9 Å². The van der Waals surface area contributed by atoms with Crippen LogP contribution in [0.2, 0.25) is 0 Å². The monoisotopic (exact) mass is 296 g/mol. The number of unbranched alkanes of at least 4 members (excludes halogenated alkanes) is 1. The van der Waals surface area contributed by atoms with Gasteiger partial charge in [-0.15, -0.1) is 11.8 Å². The molecule has 0 amide bonds. The maximum absolute atomic E-state index is 11.7. The number of rotatable bonds is 7. The molecule has 4 nitrogen and oxygen atoms in total. The van der Waals surface area contributed by atoms with Gasteiger partial charge in [-0.05, 0) is 30.7 Å². The van der Waals surface area contributed by atoms with Gasteiger partial charge in [-0.1, -0.05) is 19.8 Å². The molecule has 0 aromatic heterocycles. The van der Waals surface area contributed by atoms with Crippen LogP contribution in [0.1, 0.15) is 36.5 Å². The molecule has 20 heavy (non-hydrogen) atoms. The summed E-state index contributed by atoms with van der Waals surface area (Å²) in [6, 6.07) is 7.03. The number of hydrogen-bond donors (Lipinski definition) is 0. The predicted octanol–water partition coefficient (Wildman–Crippen LogP) is 3.30. The number of ether oxygens (including phenoxy) is 2. The highest BCUT2D eigenvalue weighted by atomic mass is 32.2. The molecule has 5 heteroatoms. The molecule has 0 bridgehead atoms. The molecule has 0 spiro atoms. The molecule has 0 heterocycles. The standard InChI is InChI=1S/C15H20O4S/c1-4-5-6-13(15(17)19-3)20-12-9-7-11(8-10-12)14(16)18-2/h7-10,13H,4-6H2,1-3H3. The minimum absolute atomic E-state index is 0.205. The van der Waals surface area contributed by atoms with Crippen LogP contribution in [0.25, 0.3) is 0 Å². The molecule has 1 atom stereocenters. The smallest absolute Gasteiger partial charge is 0.337 e. The average molecular weight is 296 g/mol. The van der Waals surface area contributed by atoms with Crippen molar-refractivity contribution in [1.29, 1.82) is 0 Å². The van der Waals surface area contributed by atoms with E-state index in [0.29, 0.717) is 5.56 Å². The van der Waals surface area contributed by atoms with E-state index in [9.17, 15) is 9.59 Å². The van der Waals surface area contributed by atoms with E-state index in [0.717, 1.165) is 24.2 Å². The Labute approximate surface area is 123 Å². The van der Waals surface area contributed by atoms with Crippen LogP contribution in [0.15, 0.2) is 29.2 Å². The number of carbonyl (C=O) groups is 2. The number of thioether (sulfide) groups is 1. The van der Waals surface area contributed by atoms with Crippen LogP contribution < -0.4 is 0 Å². The van der Waals surface area contributed by atoms with E-state index >= 15 is 0 Å². The molecule has 0 saturated carbocycles. The summed E-state index contributed by atoms with van der Waals surface area (Å²) in [6.45, 7) is 2.09. The number of methoxy groups -OCH3 is 2. The summed E-state index contributed by atoms with van der Waals surface area (Å²) in [5.41, 5.74) is 0.500. The van der Waals surface area contributed by atoms with Gasteiger partial charge < -0.3 is 9.47 Å². The molecule has 1 rings (SSSR count). The van der Waals surface area contributed by atoms with Gasteiger partial charge in [0, 0.05) is 4.90 Å². The maximum Gasteiger partial charge on any atom is 0.337 e. The van der Waals surface area contributed by atoms with E-state index < -0.39 is 0 Å². The van der Waals surface area contributed by atoms with Gasteiger partial charge in [0.25, 0.3) is 0 Å². The molecule has 1 aromatic rings. The van der Waals surface area contributed by atoms with Gasteiger partial charge in [0.1, 0.15) is 5.25 Å². The predicted molar refractivity (Wildman–Crippen MR) is 79.0 cm³/mol. The van der Waals surface area contributed by atoms with Gasteiger partial charge in [-0.3, -0.25) is 4.79 Å². The maximum atomic E-state index is 11.7. The summed E-state index contributed by atoms with van der Waals surface area (Å²) in [4.78, 5) is 24.0. The van der Waals surface area contributed by atoms with Crippen molar-refractivity contribution in [2.24, 2.45) is 0 Å². The van der Waals surface area contributed by atoms with Gasteiger partial charge in [0.2, 0.25) is 0 Å². The summed E-state index contributed by atoms with van der Waals surface area (Å²) < 4.78 is 9.47. The molecular formula is C15H20O4S. The zero-order valence-corrected chi connectivity index (χ0v) is 12.9. The fraction of sp³-hybridized carbons (Fsp3) is 0.467. The minimum atomic E-state index is -0.364. The SMILES string of the molecule is CCCCC(Sc1ccc(C(=O)OC)cc1)C(=O)OC. The van der Waals surface area contributed by atoms with Gasteiger partial charge in [0.05, 0.1) is 19.8 Å². The Hall–Kier alpha value is -1.49. The van der Waals surface area contributed by atoms with E-state index in [-0.39, 0.29) is 17.2 Å². The lowest BCUT2D eigenvalue weighted by Gasteiger charge is -2.13. The fourth-order valence-corrected chi connectivity index (χ4v) is 2.80. The van der Waals surface area contributed by atoms with Crippen molar-refractivity contribution in [2.75, 3.05) is 14.2 Å². The molecule has 0 aliphatic heterocycles. The van der Waals surface area contributed by atoms with Crippen molar-refractivity contribution in [3.8, 4) is 0 Å². The summed E-state index contributed by atoms with van der Waals surface area (Å²) in [7, 11) is 2.76. The van der Waals surface area contributed by atoms with E-state index in [1.807, 2.05) is 12.1 Å². The Kier molecular flexibility index (Phi) is 7.15. The summed E-state index contributed by atoms with van der Waals surface area (Å²) in [6.07, 6.45) is 2.80. The first-order valence-corrected chi connectivity index (χ1v) is 7.43. The highest BCUT2D eigenvalue weighted by Gasteiger charge is 2.20. The topological polar surface area (TPSA) is 52.6 Å². The normalized spacial score (nSPS) is 11.8. The highest BCUT2D eigenvalue weighted by Crippen LogP contribution is 2.28. The highest BCUT2D eigenvalue weighted by molar-refractivity contribution is 8.00. The van der Waals surface area contributed by atoms with E-state index in [1.165, 1.54) is 26.0 Å². The van der Waals surface area contributed by atoms with Crippen LogP contribution in [0, 0.1) is 0 Å². The second kappa shape index (κ2) is 8.64. The summed E-state index contributed by atoms with van der Waals surface area (Å²) in [5, 5.41) is -0.205. The number of esters is 2. The average Bonchev–Trinajstić information content (AvgIpc) is 2.50. The van der Waals surface area contributed by atoms with Crippen LogP contribution >= 0.6 is 11.8 Å². The Morgan fingerprint density at radius 2 is 1.80 bits per heavy atom. The first kappa shape index (κ1) is 16.6. The Morgan fingerprint density at radius 3 is 2.30 bits per heavy atom. The van der Waals surface area contributed by atoms with E-state index in [2.05, 4.69) is 11.7 Å². The van der Waals surface area contributed by atoms with Crippen LogP contribution in [0.3, 0.4) is 0 Å². The molecule has 0 aliphatic carbocycles. The Bertz CT molecular complexity index is 442. The number of benzene rings is 1. The third-order valence-corrected chi connectivity index (χ3v) is 4.09. The first-order valence-electron chi connectivity index (χ1n) is 6.55. The van der Waals surface area contributed by atoms with Crippen LogP contribution in [-0.4, -0.2) is 31.4 Å². The van der Waals surface area contributed by atoms with Crippen molar-refractivity contribution in [3.05, 3.63) is 29.8 Å². The van der Waals surface area contributed by atoms with Crippen molar-refractivity contribution < 1.29 is 19.1 Å². The van der Waals surface area contributed by atoms with Crippen LogP contribution in [0.4, 0.5) is 0 Å². The Morgan fingerprint density at radius 1 is 1.15 bits per heavy atom. The van der Waals surface area contributed by atoms with Crippen molar-refractivity contribution in [2.45, 2.75) is 36.3 Å². The third kappa shape index (κ3) is 4.89. The Balaban J connectivity index is 2.72. The molecule has 0 saturated heterocycles. The van der Waals surface area contributed by atoms with E-state index in [1.54, 1.807) is 12.1 Å². The van der Waals surface area contributed by atoms with Gasteiger partial charge in [0.15, 0.2) is 0 Å². The van der Waals surface area contributed by atoms with Crippen molar-refractivity contribution in [3.63, 3.8) is 0 Å². The lowest BCUT2D eigenvalue weighted by Crippen LogP contribution is -2.18. The third-order valence-electron chi connectivity index (χ3n) is 2.84. The summed E-state index contributed by atoms with van der Waals surface area (Å²) in [5.74, 6) is -0.572. The van der Waals surface area contributed by atoms with Crippen molar-refractivity contribution in [1.82, 2.24) is 0 Å². The lowest BCUT2D eigenvalue weighted by atomic mass is 10.2. The molecule has 110 valence electrons. The molecule has 0 radical (unpaired) electrons. The van der Waals surface area contributed by atoms with Gasteiger partial charge in [-0.25, -0.2) is 4.79 Å². The second-order valence-electron chi connectivity index (χ2n) is 4.29. The number of carbonyl (C=O) groups excluding carboxylic acids is 2. The van der Waals surface area contributed by atoms with Crippen LogP contribution in [0.5, 0.6) is 0 Å². The quantitative estimate of drug-likeness (QED) is 0.571. The second-order valence-corrected chi connectivity index (χ2v) is 5.56. The molecule has 1 unspecified atom stereocenters. The van der Waals surface area contributed by atoms with Crippen molar-refractivity contribution >= 4 is 23.7 Å². The molecular weight excluding hydrogens is 276 g/mol. The zero-order chi connectivity index (χ0) is 15.0. The number of hydrogen-bond acceptors (Lipinski definition) is 5. The molecule has 0 fully saturated rings. The largest absolute Gasteiger partial charge is 0.468 e. The fourth-order valence-electron chi connectivity index (χ4n) is 1.70. The summed E-state index contributed by atoms with van der Waals surface area (Å²) >= 11 is 1.46. The zero-order valence-electron chi connectivity index (χ0n) is 12.0. The van der Waals surface area contributed by atoms with Crippen LogP contribution in [-0.2, 0) is 14.3 Å². The first-order chi connectivity index (χ1) is 9.62. The molecule has 0 N–H and O–H groups in total. The molecule has 0 aliphatic rings. The lowest BCUT2D eigenvalue weighted by molar-refractivity contribution is -0.140.